The van der Waals surface area contributed by atoms with Crippen molar-refractivity contribution in [2.45, 2.75) is 13.0 Å². The number of rotatable bonds is 5. The van der Waals surface area contributed by atoms with Crippen LogP contribution in [-0.4, -0.2) is 21.1 Å². The maximum atomic E-state index is 4.09. The molecule has 0 spiro atoms. The monoisotopic (exact) mass is 280 g/mol. The zero-order valence-electron chi connectivity index (χ0n) is 8.81. The van der Waals surface area contributed by atoms with Crippen molar-refractivity contribution in [1.29, 1.82) is 0 Å². The zero-order valence-corrected chi connectivity index (χ0v) is 10.4. The third-order valence-corrected chi connectivity index (χ3v) is 2.62. The molecule has 0 atom stereocenters. The van der Waals surface area contributed by atoms with Gasteiger partial charge in [0.05, 0.1) is 18.2 Å². The molecule has 0 fully saturated rings. The van der Waals surface area contributed by atoms with E-state index in [2.05, 4.69) is 35.8 Å². The van der Waals surface area contributed by atoms with Crippen molar-refractivity contribution in [2.75, 3.05) is 11.9 Å². The van der Waals surface area contributed by atoms with Crippen molar-refractivity contribution in [3.63, 3.8) is 0 Å². The lowest BCUT2D eigenvalue weighted by Gasteiger charge is -2.06. The summed E-state index contributed by atoms with van der Waals surface area (Å²) in [5.74, 6) is 0. The third kappa shape index (κ3) is 3.34. The minimum Gasteiger partial charge on any atom is -0.384 e. The van der Waals surface area contributed by atoms with E-state index in [-0.39, 0.29) is 0 Å². The van der Waals surface area contributed by atoms with Crippen LogP contribution in [0.1, 0.15) is 6.42 Å². The molecule has 0 radical (unpaired) electrons. The van der Waals surface area contributed by atoms with E-state index in [1.54, 1.807) is 12.4 Å². The second-order valence-corrected chi connectivity index (χ2v) is 4.39. The van der Waals surface area contributed by atoms with Gasteiger partial charge >= 0.3 is 0 Å². The van der Waals surface area contributed by atoms with Crippen LogP contribution in [0.15, 0.2) is 41.7 Å². The molecule has 0 amide bonds. The number of aryl methyl sites for hydroxylation is 1. The zero-order chi connectivity index (χ0) is 11.2. The molecule has 4 nitrogen and oxygen atoms in total. The Morgan fingerprint density at radius 2 is 2.25 bits per heavy atom. The van der Waals surface area contributed by atoms with Gasteiger partial charge in [0.15, 0.2) is 0 Å². The standard InChI is InChI=1S/C11H13BrN4/c12-10-6-11(8-14-7-10)15-2-1-4-16-5-3-13-9-16/h3,5-9,15H,1-2,4H2. The molecule has 0 bridgehead atoms. The molecule has 0 saturated carbocycles. The van der Waals surface area contributed by atoms with E-state index in [9.17, 15) is 0 Å². The van der Waals surface area contributed by atoms with Gasteiger partial charge in [0.1, 0.15) is 0 Å². The number of anilines is 1. The summed E-state index contributed by atoms with van der Waals surface area (Å²) in [6.45, 7) is 1.91. The predicted octanol–water partition coefficient (Wildman–Crippen LogP) is 2.54. The van der Waals surface area contributed by atoms with Crippen LogP contribution in [0.4, 0.5) is 5.69 Å². The van der Waals surface area contributed by atoms with Gasteiger partial charge in [-0.3, -0.25) is 4.98 Å². The molecule has 0 unspecified atom stereocenters. The summed E-state index contributed by atoms with van der Waals surface area (Å²) in [4.78, 5) is 8.09. The van der Waals surface area contributed by atoms with Gasteiger partial charge in [0.2, 0.25) is 0 Å². The Balaban J connectivity index is 1.72. The SMILES string of the molecule is Brc1cncc(NCCCn2ccnc2)c1. The number of aromatic nitrogens is 3. The van der Waals surface area contributed by atoms with Gasteiger partial charge in [-0.05, 0) is 28.4 Å². The Hall–Kier alpha value is -1.36. The second kappa shape index (κ2) is 5.65. The summed E-state index contributed by atoms with van der Waals surface area (Å²) in [5.41, 5.74) is 1.04. The Bertz CT molecular complexity index is 427. The van der Waals surface area contributed by atoms with Gasteiger partial charge in [-0.1, -0.05) is 0 Å². The van der Waals surface area contributed by atoms with Crippen LogP contribution >= 0.6 is 15.9 Å². The van der Waals surface area contributed by atoms with Crippen molar-refractivity contribution in [3.05, 3.63) is 41.7 Å². The highest BCUT2D eigenvalue weighted by Gasteiger charge is 1.94. The van der Waals surface area contributed by atoms with Crippen LogP contribution in [-0.2, 0) is 6.54 Å². The number of imidazole rings is 1. The molecule has 5 heteroatoms. The molecule has 16 heavy (non-hydrogen) atoms. The largest absolute Gasteiger partial charge is 0.384 e. The fourth-order valence-electron chi connectivity index (χ4n) is 1.42. The lowest BCUT2D eigenvalue weighted by atomic mass is 10.3. The molecule has 0 aliphatic rings. The van der Waals surface area contributed by atoms with E-state index in [1.165, 1.54) is 0 Å². The number of hydrogen-bond donors (Lipinski definition) is 1. The van der Waals surface area contributed by atoms with Crippen LogP contribution in [0.5, 0.6) is 0 Å². The molecule has 0 aromatic carbocycles. The van der Waals surface area contributed by atoms with Gasteiger partial charge in [0.25, 0.3) is 0 Å². The average molecular weight is 281 g/mol. The first kappa shape index (κ1) is 11.1. The summed E-state index contributed by atoms with van der Waals surface area (Å²) < 4.78 is 3.06. The molecule has 0 aliphatic carbocycles. The summed E-state index contributed by atoms with van der Waals surface area (Å²) in [6, 6.07) is 2.02. The van der Waals surface area contributed by atoms with Crippen molar-refractivity contribution >= 4 is 21.6 Å². The molecule has 2 aromatic heterocycles. The highest BCUT2D eigenvalue weighted by molar-refractivity contribution is 9.10. The topological polar surface area (TPSA) is 42.7 Å². The fourth-order valence-corrected chi connectivity index (χ4v) is 1.79. The van der Waals surface area contributed by atoms with Crippen LogP contribution in [0.2, 0.25) is 0 Å². The van der Waals surface area contributed by atoms with E-state index >= 15 is 0 Å². The van der Waals surface area contributed by atoms with Gasteiger partial charge in [-0.15, -0.1) is 0 Å². The van der Waals surface area contributed by atoms with Crippen LogP contribution in [0, 0.1) is 0 Å². The van der Waals surface area contributed by atoms with E-state index < -0.39 is 0 Å². The highest BCUT2D eigenvalue weighted by atomic mass is 79.9. The molecule has 2 heterocycles. The minimum atomic E-state index is 0.927. The lowest BCUT2D eigenvalue weighted by molar-refractivity contribution is 0.660. The van der Waals surface area contributed by atoms with Crippen molar-refractivity contribution in [2.24, 2.45) is 0 Å². The van der Waals surface area contributed by atoms with Crippen LogP contribution < -0.4 is 5.32 Å². The number of pyridine rings is 1. The number of hydrogen-bond acceptors (Lipinski definition) is 3. The van der Waals surface area contributed by atoms with E-state index in [4.69, 9.17) is 0 Å². The molecule has 2 rings (SSSR count). The van der Waals surface area contributed by atoms with Crippen molar-refractivity contribution in [3.8, 4) is 0 Å². The second-order valence-electron chi connectivity index (χ2n) is 3.47. The van der Waals surface area contributed by atoms with E-state index in [1.807, 2.05) is 24.8 Å². The molecule has 0 saturated heterocycles. The number of nitrogens with zero attached hydrogens (tertiary/aromatic N) is 3. The summed E-state index contributed by atoms with van der Waals surface area (Å²) >= 11 is 3.39. The first-order valence-corrected chi connectivity index (χ1v) is 5.94. The van der Waals surface area contributed by atoms with E-state index in [0.29, 0.717) is 0 Å². The number of halogens is 1. The van der Waals surface area contributed by atoms with Crippen LogP contribution in [0.25, 0.3) is 0 Å². The lowest BCUT2D eigenvalue weighted by Crippen LogP contribution is -2.05. The Morgan fingerprint density at radius 3 is 3.00 bits per heavy atom. The molecular formula is C11H13BrN4. The normalized spacial score (nSPS) is 10.3. The Kier molecular flexibility index (Phi) is 3.93. The highest BCUT2D eigenvalue weighted by Crippen LogP contribution is 2.13. The van der Waals surface area contributed by atoms with Gasteiger partial charge in [-0.2, -0.15) is 0 Å². The number of nitrogens with one attached hydrogen (secondary N) is 1. The quantitative estimate of drug-likeness (QED) is 0.856. The van der Waals surface area contributed by atoms with E-state index in [0.717, 1.165) is 29.7 Å². The summed E-state index contributed by atoms with van der Waals surface area (Å²) in [5, 5.41) is 3.32. The molecule has 0 aliphatic heterocycles. The van der Waals surface area contributed by atoms with Gasteiger partial charge in [0, 0.05) is 36.2 Å². The fraction of sp³-hybridized carbons (Fsp3) is 0.273. The maximum absolute atomic E-state index is 4.09. The summed E-state index contributed by atoms with van der Waals surface area (Å²) in [7, 11) is 0. The molecule has 1 N–H and O–H groups in total. The van der Waals surface area contributed by atoms with Crippen molar-refractivity contribution in [1.82, 2.24) is 14.5 Å². The molecule has 84 valence electrons. The Labute approximate surface area is 103 Å². The molecular weight excluding hydrogens is 268 g/mol. The van der Waals surface area contributed by atoms with Crippen LogP contribution in [0.3, 0.4) is 0 Å². The average Bonchev–Trinajstić information content (AvgIpc) is 2.77. The van der Waals surface area contributed by atoms with Crippen molar-refractivity contribution < 1.29 is 0 Å². The minimum absolute atomic E-state index is 0.927. The Morgan fingerprint density at radius 1 is 1.31 bits per heavy atom. The predicted molar refractivity (Wildman–Crippen MR) is 67.3 cm³/mol. The van der Waals surface area contributed by atoms with Gasteiger partial charge in [-0.25, -0.2) is 4.98 Å². The van der Waals surface area contributed by atoms with Gasteiger partial charge < -0.3 is 9.88 Å². The molecule has 2 aromatic rings. The first-order valence-electron chi connectivity index (χ1n) is 5.15. The summed E-state index contributed by atoms with van der Waals surface area (Å²) in [6.07, 6.45) is 10.3. The maximum Gasteiger partial charge on any atom is 0.0945 e. The first-order chi connectivity index (χ1) is 7.84. The third-order valence-electron chi connectivity index (χ3n) is 2.19. The smallest absolute Gasteiger partial charge is 0.0945 e.